The summed E-state index contributed by atoms with van der Waals surface area (Å²) in [6, 6.07) is 11.3. The molecule has 1 fully saturated rings. The number of rotatable bonds is 5. The smallest absolute Gasteiger partial charge is 0.287 e. The molecule has 1 aromatic carbocycles. The molecular weight excluding hydrogens is 372 g/mol. The zero-order chi connectivity index (χ0) is 16.9. The van der Waals surface area contributed by atoms with Gasteiger partial charge in [0.05, 0.1) is 4.47 Å². The Labute approximate surface area is 150 Å². The van der Waals surface area contributed by atoms with Crippen LogP contribution in [-0.2, 0) is 6.61 Å². The monoisotopic (exact) mass is 392 g/mol. The third kappa shape index (κ3) is 4.39. The molecule has 128 valence electrons. The minimum Gasteiger partial charge on any atom is -0.484 e. The number of furan rings is 1. The highest BCUT2D eigenvalue weighted by Gasteiger charge is 2.20. The number of para-hydroxylation sites is 1. The number of nitrogens with one attached hydrogen (secondary N) is 1. The largest absolute Gasteiger partial charge is 0.484 e. The Hall–Kier alpha value is -1.79. The Balaban J connectivity index is 1.53. The number of carbonyl (C=O) groups excluding carboxylic acids is 1. The highest BCUT2D eigenvalue weighted by Crippen LogP contribution is 2.25. The molecule has 0 unspecified atom stereocenters. The Kier molecular flexibility index (Phi) is 5.58. The van der Waals surface area contributed by atoms with Crippen molar-refractivity contribution in [2.75, 3.05) is 20.1 Å². The van der Waals surface area contributed by atoms with Gasteiger partial charge < -0.3 is 19.4 Å². The van der Waals surface area contributed by atoms with Crippen LogP contribution in [0.15, 0.2) is 45.3 Å². The quantitative estimate of drug-likeness (QED) is 0.846. The fourth-order valence-corrected chi connectivity index (χ4v) is 3.10. The predicted molar refractivity (Wildman–Crippen MR) is 95.2 cm³/mol. The van der Waals surface area contributed by atoms with Crippen LogP contribution in [0.1, 0.15) is 29.2 Å². The van der Waals surface area contributed by atoms with Gasteiger partial charge in [-0.1, -0.05) is 12.1 Å². The molecule has 1 aliphatic rings. The molecule has 0 bridgehead atoms. The Morgan fingerprint density at radius 1 is 1.29 bits per heavy atom. The van der Waals surface area contributed by atoms with Crippen molar-refractivity contribution in [1.82, 2.24) is 10.2 Å². The Morgan fingerprint density at radius 3 is 2.79 bits per heavy atom. The van der Waals surface area contributed by atoms with Crippen molar-refractivity contribution < 1.29 is 13.9 Å². The number of halogens is 1. The van der Waals surface area contributed by atoms with Gasteiger partial charge in [-0.05, 0) is 73.2 Å². The highest BCUT2D eigenvalue weighted by molar-refractivity contribution is 9.10. The number of piperidine rings is 1. The fourth-order valence-electron chi connectivity index (χ4n) is 2.70. The summed E-state index contributed by atoms with van der Waals surface area (Å²) >= 11 is 3.43. The van der Waals surface area contributed by atoms with Crippen molar-refractivity contribution in [3.05, 3.63) is 52.4 Å². The first kappa shape index (κ1) is 17.0. The first-order valence-corrected chi connectivity index (χ1v) is 8.86. The van der Waals surface area contributed by atoms with Gasteiger partial charge in [0.2, 0.25) is 0 Å². The summed E-state index contributed by atoms with van der Waals surface area (Å²) in [5.74, 6) is 1.54. The molecule has 1 aliphatic heterocycles. The number of nitrogens with zero attached hydrogens (tertiary/aromatic N) is 1. The number of hydrogen-bond acceptors (Lipinski definition) is 4. The average Bonchev–Trinajstić information content (AvgIpc) is 3.05. The van der Waals surface area contributed by atoms with Crippen LogP contribution in [0.2, 0.25) is 0 Å². The lowest BCUT2D eigenvalue weighted by atomic mass is 10.1. The number of benzene rings is 1. The van der Waals surface area contributed by atoms with Crippen molar-refractivity contribution >= 4 is 21.8 Å². The molecule has 6 heteroatoms. The van der Waals surface area contributed by atoms with Gasteiger partial charge in [0.15, 0.2) is 5.76 Å². The van der Waals surface area contributed by atoms with E-state index >= 15 is 0 Å². The lowest BCUT2D eigenvalue weighted by Gasteiger charge is -2.29. The van der Waals surface area contributed by atoms with E-state index in [1.54, 1.807) is 12.1 Å². The number of hydrogen-bond donors (Lipinski definition) is 1. The van der Waals surface area contributed by atoms with E-state index in [0.717, 1.165) is 36.2 Å². The van der Waals surface area contributed by atoms with E-state index in [2.05, 4.69) is 33.2 Å². The average molecular weight is 393 g/mol. The summed E-state index contributed by atoms with van der Waals surface area (Å²) in [4.78, 5) is 14.5. The molecule has 5 nitrogen and oxygen atoms in total. The van der Waals surface area contributed by atoms with Gasteiger partial charge in [0, 0.05) is 6.04 Å². The van der Waals surface area contributed by atoms with Crippen molar-refractivity contribution in [3.8, 4) is 5.75 Å². The van der Waals surface area contributed by atoms with Gasteiger partial charge in [-0.15, -0.1) is 0 Å². The van der Waals surface area contributed by atoms with Gasteiger partial charge in [-0.25, -0.2) is 0 Å². The molecule has 1 saturated heterocycles. The van der Waals surface area contributed by atoms with Gasteiger partial charge in [-0.2, -0.15) is 0 Å². The van der Waals surface area contributed by atoms with E-state index in [1.165, 1.54) is 0 Å². The third-order valence-electron chi connectivity index (χ3n) is 4.15. The summed E-state index contributed by atoms with van der Waals surface area (Å²) in [5, 5.41) is 3.04. The highest BCUT2D eigenvalue weighted by atomic mass is 79.9. The summed E-state index contributed by atoms with van der Waals surface area (Å²) in [6.45, 7) is 2.30. The van der Waals surface area contributed by atoms with Crippen LogP contribution in [0.5, 0.6) is 5.75 Å². The van der Waals surface area contributed by atoms with E-state index in [4.69, 9.17) is 9.15 Å². The van der Waals surface area contributed by atoms with Crippen LogP contribution in [0.4, 0.5) is 0 Å². The van der Waals surface area contributed by atoms with Gasteiger partial charge in [0.25, 0.3) is 5.91 Å². The van der Waals surface area contributed by atoms with Crippen molar-refractivity contribution in [2.45, 2.75) is 25.5 Å². The molecule has 1 N–H and O–H groups in total. The zero-order valence-electron chi connectivity index (χ0n) is 13.6. The van der Waals surface area contributed by atoms with Crippen LogP contribution in [0.25, 0.3) is 0 Å². The lowest BCUT2D eigenvalue weighted by Crippen LogP contribution is -2.43. The van der Waals surface area contributed by atoms with Crippen LogP contribution < -0.4 is 10.1 Å². The zero-order valence-corrected chi connectivity index (χ0v) is 15.2. The fraction of sp³-hybridized carbons (Fsp3) is 0.389. The molecule has 3 rings (SSSR count). The minimum absolute atomic E-state index is 0.156. The van der Waals surface area contributed by atoms with Gasteiger partial charge >= 0.3 is 0 Å². The molecule has 0 saturated carbocycles. The molecule has 0 spiro atoms. The van der Waals surface area contributed by atoms with Crippen LogP contribution in [0.3, 0.4) is 0 Å². The van der Waals surface area contributed by atoms with Gasteiger partial charge in [-0.3, -0.25) is 4.79 Å². The topological polar surface area (TPSA) is 54.7 Å². The normalized spacial score (nSPS) is 16.1. The second-order valence-corrected chi connectivity index (χ2v) is 6.89. The van der Waals surface area contributed by atoms with E-state index in [-0.39, 0.29) is 18.6 Å². The van der Waals surface area contributed by atoms with Crippen molar-refractivity contribution in [2.24, 2.45) is 0 Å². The number of carbonyl (C=O) groups is 1. The minimum atomic E-state index is -0.156. The Bertz CT molecular complexity index is 693. The number of amides is 1. The number of ether oxygens (including phenoxy) is 1. The second-order valence-electron chi connectivity index (χ2n) is 6.04. The summed E-state index contributed by atoms with van der Waals surface area (Å²) in [7, 11) is 2.10. The Morgan fingerprint density at radius 2 is 2.04 bits per heavy atom. The van der Waals surface area contributed by atoms with E-state index in [9.17, 15) is 4.79 Å². The summed E-state index contributed by atoms with van der Waals surface area (Å²) in [6.07, 6.45) is 1.95. The first-order valence-electron chi connectivity index (χ1n) is 8.07. The number of likely N-dealkylation sites (tertiary alicyclic amines) is 1. The molecule has 2 heterocycles. The molecule has 0 atom stereocenters. The lowest BCUT2D eigenvalue weighted by molar-refractivity contribution is 0.0884. The van der Waals surface area contributed by atoms with Crippen molar-refractivity contribution in [1.29, 1.82) is 0 Å². The SMILES string of the molecule is CN1CCC(NC(=O)c2ccc(COc3ccccc3Br)o2)CC1. The third-order valence-corrected chi connectivity index (χ3v) is 4.80. The standard InChI is InChI=1S/C18H21BrN2O3/c1-21-10-8-13(9-11-21)20-18(22)17-7-6-14(24-17)12-23-16-5-3-2-4-15(16)19/h2-7,13H,8-12H2,1H3,(H,20,22). The van der Waals surface area contributed by atoms with Gasteiger partial charge in [0.1, 0.15) is 18.1 Å². The van der Waals surface area contributed by atoms with E-state index in [1.807, 2.05) is 24.3 Å². The van der Waals surface area contributed by atoms with Crippen molar-refractivity contribution in [3.63, 3.8) is 0 Å². The molecule has 24 heavy (non-hydrogen) atoms. The van der Waals surface area contributed by atoms with Crippen LogP contribution in [0, 0.1) is 0 Å². The maximum Gasteiger partial charge on any atom is 0.287 e. The summed E-state index contributed by atoms with van der Waals surface area (Å²) < 4.78 is 12.2. The molecule has 2 aromatic rings. The summed E-state index contributed by atoms with van der Waals surface area (Å²) in [5.41, 5.74) is 0. The van der Waals surface area contributed by atoms with Crippen LogP contribution >= 0.6 is 15.9 Å². The first-order chi connectivity index (χ1) is 11.6. The van der Waals surface area contributed by atoms with Crippen LogP contribution in [-0.4, -0.2) is 37.0 Å². The molecule has 0 radical (unpaired) electrons. The van der Waals surface area contributed by atoms with E-state index < -0.39 is 0 Å². The maximum atomic E-state index is 12.3. The maximum absolute atomic E-state index is 12.3. The second kappa shape index (κ2) is 7.85. The predicted octanol–water partition coefficient (Wildman–Crippen LogP) is 3.45. The molecular formula is C18H21BrN2O3. The molecule has 1 amide bonds. The molecule has 0 aliphatic carbocycles. The van der Waals surface area contributed by atoms with E-state index in [0.29, 0.717) is 11.5 Å². The molecule has 1 aromatic heterocycles.